The van der Waals surface area contributed by atoms with Crippen LogP contribution in [0.15, 0.2) is 29.3 Å². The Morgan fingerprint density at radius 1 is 1.47 bits per heavy atom. The largest absolute Gasteiger partial charge is 0.382 e. The van der Waals surface area contributed by atoms with Crippen molar-refractivity contribution in [2.24, 2.45) is 10.8 Å². The number of nitrogens with zero attached hydrogens (tertiary/aromatic N) is 2. The second kappa shape index (κ2) is 8.44. The third kappa shape index (κ3) is 4.84. The minimum atomic E-state index is -0.317. The predicted molar refractivity (Wildman–Crippen MR) is 75.5 cm³/mol. The molecule has 1 aromatic carbocycles. The molecule has 0 aromatic heterocycles. The van der Waals surface area contributed by atoms with Crippen LogP contribution in [0.2, 0.25) is 0 Å². The summed E-state index contributed by atoms with van der Waals surface area (Å²) in [7, 11) is 1.71. The van der Waals surface area contributed by atoms with Gasteiger partial charge in [0.15, 0.2) is 0 Å². The molecule has 19 heavy (non-hydrogen) atoms. The van der Waals surface area contributed by atoms with Gasteiger partial charge in [-0.3, -0.25) is 10.4 Å². The molecule has 0 atom stereocenters. The maximum absolute atomic E-state index is 13.6. The first kappa shape index (κ1) is 15.4. The van der Waals surface area contributed by atoms with Gasteiger partial charge in [-0.1, -0.05) is 12.1 Å². The standard InChI is InChI=1S/C13H21FN4O/c1-3-19-10-6-9-16-13(17-15)18(2)12-8-5-4-7-11(12)14/h4-5,7-8H,3,6,9-10,15H2,1-2H3,(H,16,17). The van der Waals surface area contributed by atoms with E-state index < -0.39 is 0 Å². The number of halogens is 1. The summed E-state index contributed by atoms with van der Waals surface area (Å²) in [6, 6.07) is 6.47. The number of aliphatic imine (C=N–C) groups is 1. The van der Waals surface area contributed by atoms with Crippen molar-refractivity contribution in [3.63, 3.8) is 0 Å². The summed E-state index contributed by atoms with van der Waals surface area (Å²) in [5.41, 5.74) is 2.91. The third-order valence-electron chi connectivity index (χ3n) is 2.57. The van der Waals surface area contributed by atoms with Crippen molar-refractivity contribution in [2.75, 3.05) is 31.7 Å². The highest BCUT2D eigenvalue weighted by molar-refractivity contribution is 5.95. The van der Waals surface area contributed by atoms with Crippen molar-refractivity contribution >= 4 is 11.6 Å². The summed E-state index contributed by atoms with van der Waals surface area (Å²) in [6.45, 7) is 3.86. The van der Waals surface area contributed by atoms with Gasteiger partial charge in [0.2, 0.25) is 5.96 Å². The van der Waals surface area contributed by atoms with Crippen LogP contribution >= 0.6 is 0 Å². The van der Waals surface area contributed by atoms with Crippen LogP contribution in [0, 0.1) is 5.82 Å². The molecule has 0 radical (unpaired) electrons. The fraction of sp³-hybridized carbons (Fsp3) is 0.462. The molecule has 0 aliphatic heterocycles. The number of guanidine groups is 1. The lowest BCUT2D eigenvalue weighted by Gasteiger charge is -2.21. The van der Waals surface area contributed by atoms with E-state index in [4.69, 9.17) is 10.6 Å². The zero-order valence-corrected chi connectivity index (χ0v) is 11.4. The van der Waals surface area contributed by atoms with Gasteiger partial charge in [-0.05, 0) is 25.5 Å². The first-order valence-corrected chi connectivity index (χ1v) is 6.27. The van der Waals surface area contributed by atoms with E-state index in [9.17, 15) is 4.39 Å². The average Bonchev–Trinajstić information content (AvgIpc) is 2.43. The SMILES string of the molecule is CCOCCCN=C(NN)N(C)c1ccccc1F. The molecule has 0 fully saturated rings. The van der Waals surface area contributed by atoms with Crippen LogP contribution < -0.4 is 16.2 Å². The van der Waals surface area contributed by atoms with Gasteiger partial charge in [0.05, 0.1) is 5.69 Å². The van der Waals surface area contributed by atoms with Crippen LogP contribution in [-0.4, -0.2) is 32.8 Å². The number of hydrazine groups is 1. The first-order valence-electron chi connectivity index (χ1n) is 6.27. The molecular weight excluding hydrogens is 247 g/mol. The monoisotopic (exact) mass is 268 g/mol. The molecule has 1 rings (SSSR count). The van der Waals surface area contributed by atoms with Gasteiger partial charge in [0.25, 0.3) is 0 Å². The van der Waals surface area contributed by atoms with E-state index in [1.165, 1.54) is 6.07 Å². The second-order valence-electron chi connectivity index (χ2n) is 3.91. The lowest BCUT2D eigenvalue weighted by Crippen LogP contribution is -2.43. The minimum Gasteiger partial charge on any atom is -0.382 e. The summed E-state index contributed by atoms with van der Waals surface area (Å²) in [5, 5.41) is 0. The molecule has 0 saturated carbocycles. The van der Waals surface area contributed by atoms with E-state index in [0.29, 0.717) is 31.4 Å². The molecule has 1 aromatic rings. The van der Waals surface area contributed by atoms with Crippen LogP contribution in [0.3, 0.4) is 0 Å². The molecule has 0 aliphatic carbocycles. The molecule has 0 spiro atoms. The Morgan fingerprint density at radius 3 is 2.84 bits per heavy atom. The number of hydrogen-bond acceptors (Lipinski definition) is 3. The highest BCUT2D eigenvalue weighted by Crippen LogP contribution is 2.16. The first-order chi connectivity index (χ1) is 9.20. The van der Waals surface area contributed by atoms with Crippen LogP contribution in [0.1, 0.15) is 13.3 Å². The zero-order valence-electron chi connectivity index (χ0n) is 11.4. The Hall–Kier alpha value is -1.66. The topological polar surface area (TPSA) is 62.9 Å². The minimum absolute atomic E-state index is 0.317. The van der Waals surface area contributed by atoms with Crippen molar-refractivity contribution in [3.05, 3.63) is 30.1 Å². The van der Waals surface area contributed by atoms with Gasteiger partial charge in [0.1, 0.15) is 5.82 Å². The maximum atomic E-state index is 13.6. The van der Waals surface area contributed by atoms with Crippen LogP contribution in [0.25, 0.3) is 0 Å². The Labute approximate surface area is 113 Å². The Bertz CT molecular complexity index is 411. The Kier molecular flexibility index (Phi) is 6.84. The van der Waals surface area contributed by atoms with Crippen molar-refractivity contribution < 1.29 is 9.13 Å². The number of ether oxygens (including phenoxy) is 1. The fourth-order valence-electron chi connectivity index (χ4n) is 1.58. The van der Waals surface area contributed by atoms with E-state index in [-0.39, 0.29) is 5.82 Å². The molecule has 3 N–H and O–H groups in total. The van der Waals surface area contributed by atoms with Crippen molar-refractivity contribution in [2.45, 2.75) is 13.3 Å². The quantitative estimate of drug-likeness (QED) is 0.270. The number of hydrogen-bond donors (Lipinski definition) is 2. The number of rotatable bonds is 6. The van der Waals surface area contributed by atoms with E-state index in [2.05, 4.69) is 10.4 Å². The Morgan fingerprint density at radius 2 is 2.21 bits per heavy atom. The summed E-state index contributed by atoms with van der Waals surface area (Å²) in [4.78, 5) is 5.87. The molecule has 0 saturated heterocycles. The molecular formula is C13H21FN4O. The zero-order chi connectivity index (χ0) is 14.1. The van der Waals surface area contributed by atoms with Gasteiger partial charge in [-0.25, -0.2) is 10.2 Å². The van der Waals surface area contributed by atoms with Crippen LogP contribution in [0.4, 0.5) is 10.1 Å². The normalized spacial score (nSPS) is 11.5. The van der Waals surface area contributed by atoms with Crippen LogP contribution in [-0.2, 0) is 4.74 Å². The number of para-hydroxylation sites is 1. The molecule has 6 heteroatoms. The third-order valence-corrected chi connectivity index (χ3v) is 2.57. The van der Waals surface area contributed by atoms with E-state index in [1.54, 1.807) is 30.1 Å². The molecule has 0 heterocycles. The average molecular weight is 268 g/mol. The highest BCUT2D eigenvalue weighted by Gasteiger charge is 2.11. The summed E-state index contributed by atoms with van der Waals surface area (Å²) >= 11 is 0. The molecule has 0 aliphatic rings. The summed E-state index contributed by atoms with van der Waals surface area (Å²) in [6.07, 6.45) is 0.796. The smallest absolute Gasteiger partial charge is 0.212 e. The van der Waals surface area contributed by atoms with E-state index in [0.717, 1.165) is 6.42 Å². The molecule has 0 bridgehead atoms. The van der Waals surface area contributed by atoms with Crippen molar-refractivity contribution in [3.8, 4) is 0 Å². The predicted octanol–water partition coefficient (Wildman–Crippen LogP) is 1.51. The molecule has 5 nitrogen and oxygen atoms in total. The molecule has 0 amide bonds. The van der Waals surface area contributed by atoms with Gasteiger partial charge < -0.3 is 9.64 Å². The van der Waals surface area contributed by atoms with E-state index >= 15 is 0 Å². The van der Waals surface area contributed by atoms with Crippen molar-refractivity contribution in [1.29, 1.82) is 0 Å². The fourth-order valence-corrected chi connectivity index (χ4v) is 1.58. The lowest BCUT2D eigenvalue weighted by molar-refractivity contribution is 0.146. The van der Waals surface area contributed by atoms with Gasteiger partial charge in [-0.2, -0.15) is 0 Å². The maximum Gasteiger partial charge on any atom is 0.212 e. The van der Waals surface area contributed by atoms with Gasteiger partial charge >= 0.3 is 0 Å². The summed E-state index contributed by atoms with van der Waals surface area (Å²) < 4.78 is 18.9. The second-order valence-corrected chi connectivity index (χ2v) is 3.91. The van der Waals surface area contributed by atoms with Gasteiger partial charge in [0, 0.05) is 26.8 Å². The highest BCUT2D eigenvalue weighted by atomic mass is 19.1. The lowest BCUT2D eigenvalue weighted by atomic mass is 10.3. The number of nitrogens with one attached hydrogen (secondary N) is 1. The number of anilines is 1. The van der Waals surface area contributed by atoms with E-state index in [1.807, 2.05) is 6.92 Å². The number of benzene rings is 1. The van der Waals surface area contributed by atoms with Crippen LogP contribution in [0.5, 0.6) is 0 Å². The van der Waals surface area contributed by atoms with Gasteiger partial charge in [-0.15, -0.1) is 0 Å². The molecule has 106 valence electrons. The summed E-state index contributed by atoms with van der Waals surface area (Å²) in [5.74, 6) is 5.53. The van der Waals surface area contributed by atoms with Crippen molar-refractivity contribution in [1.82, 2.24) is 5.43 Å². The Balaban J connectivity index is 2.63. The number of nitrogens with two attached hydrogens (primary N) is 1. The molecule has 0 unspecified atom stereocenters.